The van der Waals surface area contributed by atoms with Gasteiger partial charge in [0.05, 0.1) is 12.5 Å². The fourth-order valence-corrected chi connectivity index (χ4v) is 1.19. The van der Waals surface area contributed by atoms with Gasteiger partial charge in [-0.15, -0.1) is 11.6 Å². The van der Waals surface area contributed by atoms with E-state index in [0.29, 0.717) is 0 Å². The molecule has 1 aromatic heterocycles. The maximum Gasteiger partial charge on any atom is 0.280 e. The molecule has 0 saturated carbocycles. The van der Waals surface area contributed by atoms with Gasteiger partial charge in [-0.05, 0) is 6.07 Å². The summed E-state index contributed by atoms with van der Waals surface area (Å²) in [7, 11) is 0. The normalized spacial score (nSPS) is 11.0. The Balaban J connectivity index is 3.24. The van der Waals surface area contributed by atoms with Crippen LogP contribution >= 0.6 is 11.6 Å². The van der Waals surface area contributed by atoms with Crippen molar-refractivity contribution in [3.8, 4) is 0 Å². The smallest absolute Gasteiger partial charge is 0.280 e. The standard InChI is InChI=1S/C8H7ClF3NO/c9-2-4-1-5(3-14)6(7(10)11)13-8(4)12/h1,7,14H,2-3H2. The van der Waals surface area contributed by atoms with Crippen molar-refractivity contribution in [2.45, 2.75) is 18.9 Å². The number of pyridine rings is 1. The van der Waals surface area contributed by atoms with Gasteiger partial charge in [-0.2, -0.15) is 4.39 Å². The van der Waals surface area contributed by atoms with Crippen molar-refractivity contribution in [3.63, 3.8) is 0 Å². The van der Waals surface area contributed by atoms with E-state index in [1.165, 1.54) is 0 Å². The molecule has 0 aliphatic rings. The van der Waals surface area contributed by atoms with Crippen LogP contribution < -0.4 is 0 Å². The molecule has 1 heterocycles. The van der Waals surface area contributed by atoms with Crippen molar-refractivity contribution in [1.29, 1.82) is 0 Å². The first-order chi connectivity index (χ1) is 6.60. The molecule has 0 amide bonds. The molecule has 0 bridgehead atoms. The van der Waals surface area contributed by atoms with Gasteiger partial charge >= 0.3 is 0 Å². The van der Waals surface area contributed by atoms with E-state index < -0.39 is 24.7 Å². The highest BCUT2D eigenvalue weighted by Gasteiger charge is 2.17. The first-order valence-corrected chi connectivity index (χ1v) is 4.26. The Kier molecular flexibility index (Phi) is 3.71. The molecular weight excluding hydrogens is 219 g/mol. The third-order valence-corrected chi connectivity index (χ3v) is 1.97. The molecule has 0 unspecified atom stereocenters. The van der Waals surface area contributed by atoms with E-state index in [9.17, 15) is 13.2 Å². The summed E-state index contributed by atoms with van der Waals surface area (Å²) in [6.07, 6.45) is -2.91. The molecule has 0 atom stereocenters. The lowest BCUT2D eigenvalue weighted by atomic mass is 10.1. The number of aliphatic hydroxyl groups is 1. The van der Waals surface area contributed by atoms with Crippen molar-refractivity contribution in [2.75, 3.05) is 0 Å². The second kappa shape index (κ2) is 4.61. The second-order valence-electron chi connectivity index (χ2n) is 2.58. The van der Waals surface area contributed by atoms with Gasteiger partial charge in [0.2, 0.25) is 5.95 Å². The molecule has 0 saturated heterocycles. The minimum atomic E-state index is -2.91. The lowest BCUT2D eigenvalue weighted by Gasteiger charge is -2.07. The summed E-state index contributed by atoms with van der Waals surface area (Å²) >= 11 is 5.34. The van der Waals surface area contributed by atoms with Crippen LogP contribution in [0.25, 0.3) is 0 Å². The quantitative estimate of drug-likeness (QED) is 0.633. The number of nitrogens with zero attached hydrogens (tertiary/aromatic N) is 1. The molecule has 0 spiro atoms. The minimum absolute atomic E-state index is 0.000108. The van der Waals surface area contributed by atoms with Crippen molar-refractivity contribution < 1.29 is 18.3 Å². The topological polar surface area (TPSA) is 33.1 Å². The average Bonchev–Trinajstić information content (AvgIpc) is 2.17. The molecular formula is C8H7ClF3NO. The van der Waals surface area contributed by atoms with Crippen LogP contribution in [-0.4, -0.2) is 10.1 Å². The van der Waals surface area contributed by atoms with Gasteiger partial charge in [-0.3, -0.25) is 0 Å². The van der Waals surface area contributed by atoms with Crippen LogP contribution in [0, 0.1) is 5.95 Å². The Labute approximate surface area is 83.3 Å². The van der Waals surface area contributed by atoms with Crippen molar-refractivity contribution in [3.05, 3.63) is 28.8 Å². The fourth-order valence-electron chi connectivity index (χ4n) is 1.00. The Morgan fingerprint density at radius 3 is 2.50 bits per heavy atom. The van der Waals surface area contributed by atoms with Gasteiger partial charge in [0.25, 0.3) is 6.43 Å². The predicted octanol–water partition coefficient (Wildman–Crippen LogP) is 2.39. The van der Waals surface area contributed by atoms with Crippen LogP contribution in [-0.2, 0) is 12.5 Å². The summed E-state index contributed by atoms with van der Waals surface area (Å²) in [6, 6.07) is 1.09. The van der Waals surface area contributed by atoms with Gasteiger partial charge in [0.15, 0.2) is 0 Å². The molecule has 0 aliphatic carbocycles. The molecule has 0 radical (unpaired) electrons. The molecule has 0 aromatic carbocycles. The van der Waals surface area contributed by atoms with E-state index in [1.807, 2.05) is 0 Å². The van der Waals surface area contributed by atoms with E-state index in [-0.39, 0.29) is 17.0 Å². The average molecular weight is 226 g/mol. The SMILES string of the molecule is OCc1cc(CCl)c(F)nc1C(F)F. The van der Waals surface area contributed by atoms with E-state index in [1.54, 1.807) is 0 Å². The Morgan fingerprint density at radius 2 is 2.07 bits per heavy atom. The molecule has 1 N–H and O–H groups in total. The first-order valence-electron chi connectivity index (χ1n) is 3.73. The van der Waals surface area contributed by atoms with E-state index >= 15 is 0 Å². The van der Waals surface area contributed by atoms with Crippen molar-refractivity contribution in [1.82, 2.24) is 4.98 Å². The number of aromatic nitrogens is 1. The maximum atomic E-state index is 12.9. The highest BCUT2D eigenvalue weighted by Crippen LogP contribution is 2.23. The highest BCUT2D eigenvalue weighted by molar-refractivity contribution is 6.17. The summed E-state index contributed by atoms with van der Waals surface area (Å²) in [6.45, 7) is -0.614. The van der Waals surface area contributed by atoms with Crippen LogP contribution in [0.4, 0.5) is 13.2 Å². The van der Waals surface area contributed by atoms with Crippen LogP contribution in [0.5, 0.6) is 0 Å². The molecule has 14 heavy (non-hydrogen) atoms. The maximum absolute atomic E-state index is 12.9. The largest absolute Gasteiger partial charge is 0.392 e. The highest BCUT2D eigenvalue weighted by atomic mass is 35.5. The Bertz CT molecular complexity index is 333. The summed E-state index contributed by atoms with van der Waals surface area (Å²) in [5.74, 6) is -1.19. The molecule has 2 nitrogen and oxygen atoms in total. The lowest BCUT2D eigenvalue weighted by molar-refractivity contribution is 0.140. The van der Waals surface area contributed by atoms with Crippen LogP contribution in [0.15, 0.2) is 6.07 Å². The van der Waals surface area contributed by atoms with Crippen LogP contribution in [0.3, 0.4) is 0 Å². The molecule has 6 heteroatoms. The van der Waals surface area contributed by atoms with Crippen LogP contribution in [0.1, 0.15) is 23.2 Å². The minimum Gasteiger partial charge on any atom is -0.392 e. The van der Waals surface area contributed by atoms with E-state index in [2.05, 4.69) is 4.98 Å². The zero-order chi connectivity index (χ0) is 10.7. The summed E-state index contributed by atoms with van der Waals surface area (Å²) in [4.78, 5) is 3.05. The molecule has 1 aromatic rings. The summed E-state index contributed by atoms with van der Waals surface area (Å²) in [5.41, 5.74) is -0.837. The van der Waals surface area contributed by atoms with E-state index in [4.69, 9.17) is 16.7 Å². The molecule has 78 valence electrons. The van der Waals surface area contributed by atoms with E-state index in [0.717, 1.165) is 6.07 Å². The molecule has 0 aliphatic heterocycles. The predicted molar refractivity (Wildman–Crippen MR) is 44.6 cm³/mol. The Hall–Kier alpha value is -0.810. The van der Waals surface area contributed by atoms with Gasteiger partial charge in [-0.25, -0.2) is 13.8 Å². The molecule has 1 rings (SSSR count). The number of alkyl halides is 3. The number of rotatable bonds is 3. The van der Waals surface area contributed by atoms with Crippen molar-refractivity contribution in [2.24, 2.45) is 0 Å². The monoisotopic (exact) mass is 225 g/mol. The third-order valence-electron chi connectivity index (χ3n) is 1.68. The van der Waals surface area contributed by atoms with Crippen molar-refractivity contribution >= 4 is 11.6 Å². The first kappa shape index (κ1) is 11.3. The van der Waals surface area contributed by atoms with Gasteiger partial charge in [0.1, 0.15) is 5.69 Å². The number of halogens is 4. The zero-order valence-electron chi connectivity index (χ0n) is 6.98. The number of hydrogen-bond donors (Lipinski definition) is 1. The number of hydrogen-bond acceptors (Lipinski definition) is 2. The summed E-state index contributed by atoms with van der Waals surface area (Å²) in [5, 5.41) is 8.74. The van der Waals surface area contributed by atoms with Gasteiger partial charge in [0, 0.05) is 11.1 Å². The van der Waals surface area contributed by atoms with Gasteiger partial charge in [-0.1, -0.05) is 0 Å². The third kappa shape index (κ3) is 2.16. The lowest BCUT2D eigenvalue weighted by Crippen LogP contribution is -2.04. The van der Waals surface area contributed by atoms with Gasteiger partial charge < -0.3 is 5.11 Å². The summed E-state index contributed by atoms with van der Waals surface area (Å²) < 4.78 is 37.4. The second-order valence-corrected chi connectivity index (χ2v) is 2.84. The zero-order valence-corrected chi connectivity index (χ0v) is 7.73. The fraction of sp³-hybridized carbons (Fsp3) is 0.375. The number of aliphatic hydroxyl groups excluding tert-OH is 1. The molecule has 0 fully saturated rings. The van der Waals surface area contributed by atoms with Crippen LogP contribution in [0.2, 0.25) is 0 Å². The Morgan fingerprint density at radius 1 is 1.43 bits per heavy atom.